The molecule has 1 aliphatic heterocycles. The molecule has 1 heterocycles. The normalized spacial score (nSPS) is 17.8. The smallest absolute Gasteiger partial charge is 0.305 e. The fourth-order valence-corrected chi connectivity index (χ4v) is 6.97. The van der Waals surface area contributed by atoms with Crippen molar-refractivity contribution in [3.05, 3.63) is 0 Å². The minimum absolute atomic E-state index is 0.300. The quantitative estimate of drug-likeness (QED) is 0.0539. The molecule has 0 N–H and O–H groups in total. The van der Waals surface area contributed by atoms with Gasteiger partial charge in [0.15, 0.2) is 5.79 Å². The summed E-state index contributed by atoms with van der Waals surface area (Å²) in [5, 5.41) is 0. The lowest BCUT2D eigenvalue weighted by molar-refractivity contribution is -0.254. The molecule has 1 fully saturated rings. The van der Waals surface area contributed by atoms with Crippen LogP contribution in [0.4, 0.5) is 0 Å². The zero-order valence-corrected chi connectivity index (χ0v) is 30.5. The number of esters is 1. The Labute approximate surface area is 275 Å². The zero-order chi connectivity index (χ0) is 32.0. The van der Waals surface area contributed by atoms with Crippen molar-refractivity contribution in [1.82, 2.24) is 0 Å². The Morgan fingerprint density at radius 2 is 0.773 bits per heavy atom. The van der Waals surface area contributed by atoms with Crippen molar-refractivity contribution in [2.24, 2.45) is 0 Å². The fourth-order valence-electron chi connectivity index (χ4n) is 6.97. The summed E-state index contributed by atoms with van der Waals surface area (Å²) < 4.78 is 18.2. The molecule has 1 aliphatic rings. The van der Waals surface area contributed by atoms with Crippen molar-refractivity contribution in [2.75, 3.05) is 6.61 Å². The highest BCUT2D eigenvalue weighted by atomic mass is 16.8. The second kappa shape index (κ2) is 28.6. The molecule has 0 aliphatic carbocycles. The molecule has 0 aromatic carbocycles. The van der Waals surface area contributed by atoms with Gasteiger partial charge in [0.1, 0.15) is 6.61 Å². The van der Waals surface area contributed by atoms with E-state index in [1.54, 1.807) is 0 Å². The average Bonchev–Trinajstić information content (AvgIpc) is 3.32. The molecule has 0 spiro atoms. The van der Waals surface area contributed by atoms with Crippen molar-refractivity contribution in [3.63, 3.8) is 0 Å². The Kier molecular flexibility index (Phi) is 26.9. The first kappa shape index (κ1) is 41.4. The first-order chi connectivity index (χ1) is 21.5. The molecule has 262 valence electrons. The van der Waals surface area contributed by atoms with E-state index in [4.69, 9.17) is 14.2 Å². The molecular weight excluding hydrogens is 544 g/mol. The van der Waals surface area contributed by atoms with E-state index in [1.807, 2.05) is 6.92 Å². The van der Waals surface area contributed by atoms with Crippen molar-refractivity contribution in [3.8, 4) is 0 Å². The molecule has 1 atom stereocenters. The van der Waals surface area contributed by atoms with Crippen LogP contribution in [0, 0.1) is 0 Å². The number of unbranched alkanes of at least 4 members (excludes halogenated alkanes) is 28. The molecule has 1 saturated heterocycles. The van der Waals surface area contributed by atoms with E-state index in [0.29, 0.717) is 6.61 Å². The molecule has 0 amide bonds. The summed E-state index contributed by atoms with van der Waals surface area (Å²) in [6.45, 7) is 8.23. The van der Waals surface area contributed by atoms with Crippen LogP contribution in [0.3, 0.4) is 0 Å². The van der Waals surface area contributed by atoms with Gasteiger partial charge in [-0.15, -0.1) is 0 Å². The van der Waals surface area contributed by atoms with Gasteiger partial charge in [0.05, 0.1) is 0 Å². The number of ether oxygens (including phenoxy) is 3. The maximum absolute atomic E-state index is 11.7. The maximum Gasteiger partial charge on any atom is 0.305 e. The van der Waals surface area contributed by atoms with Gasteiger partial charge in [-0.05, 0) is 12.8 Å². The second-order valence-corrected chi connectivity index (χ2v) is 14.4. The van der Waals surface area contributed by atoms with Gasteiger partial charge in [0.25, 0.3) is 0 Å². The van der Waals surface area contributed by atoms with Crippen LogP contribution in [0.25, 0.3) is 0 Å². The summed E-state index contributed by atoms with van der Waals surface area (Å²) in [4.78, 5) is 11.7. The molecule has 44 heavy (non-hydrogen) atoms. The van der Waals surface area contributed by atoms with Crippen molar-refractivity contribution < 1.29 is 19.0 Å². The lowest BCUT2D eigenvalue weighted by Crippen LogP contribution is -2.38. The Hall–Kier alpha value is -0.610. The maximum atomic E-state index is 11.7. The average molecular weight is 623 g/mol. The highest BCUT2D eigenvalue weighted by Crippen LogP contribution is 2.40. The number of rotatable bonds is 33. The molecule has 1 rings (SSSR count). The van der Waals surface area contributed by atoms with Gasteiger partial charge in [0, 0.05) is 26.7 Å². The summed E-state index contributed by atoms with van der Waals surface area (Å²) in [5.41, 5.74) is 0. The summed E-state index contributed by atoms with van der Waals surface area (Å²) in [6, 6.07) is 0. The Morgan fingerprint density at radius 3 is 1.05 bits per heavy atom. The van der Waals surface area contributed by atoms with Gasteiger partial charge in [0.2, 0.25) is 5.79 Å². The molecule has 4 heteroatoms. The number of hydrogen-bond acceptors (Lipinski definition) is 4. The summed E-state index contributed by atoms with van der Waals surface area (Å²) in [6.07, 6.45) is 42.9. The molecule has 0 aromatic rings. The minimum atomic E-state index is -0.948. The van der Waals surface area contributed by atoms with Gasteiger partial charge in [-0.2, -0.15) is 0 Å². The number of hydrogen-bond donors (Lipinski definition) is 0. The van der Waals surface area contributed by atoms with E-state index < -0.39 is 11.6 Å². The largest absolute Gasteiger partial charge is 0.431 e. The van der Waals surface area contributed by atoms with Gasteiger partial charge >= 0.3 is 5.97 Å². The van der Waals surface area contributed by atoms with Crippen LogP contribution in [0.2, 0.25) is 0 Å². The third-order valence-corrected chi connectivity index (χ3v) is 9.68. The van der Waals surface area contributed by atoms with E-state index in [0.717, 1.165) is 25.7 Å². The highest BCUT2D eigenvalue weighted by Gasteiger charge is 2.49. The van der Waals surface area contributed by atoms with Gasteiger partial charge < -0.3 is 14.2 Å². The number of carbonyl (C=O) groups excluding carboxylic acids is 1. The van der Waals surface area contributed by atoms with E-state index in [2.05, 4.69) is 13.8 Å². The number of carbonyl (C=O) groups is 1. The van der Waals surface area contributed by atoms with Crippen LogP contribution in [-0.2, 0) is 19.0 Å². The fraction of sp³-hybridized carbons (Fsp3) is 0.975. The van der Waals surface area contributed by atoms with E-state index >= 15 is 0 Å². The standard InChI is InChI=1S/C40H78O4/c1-5-7-9-11-13-15-17-19-21-23-25-27-29-31-33-35-40(42-37-39(4,44-40)43-38(3)41)36-34-32-30-28-26-24-22-20-18-16-14-12-10-8-6-2/h5-37H2,1-4H3. The Balaban J connectivity index is 2.13. The third kappa shape index (κ3) is 23.7. The second-order valence-electron chi connectivity index (χ2n) is 14.4. The van der Waals surface area contributed by atoms with Gasteiger partial charge in [-0.25, -0.2) is 0 Å². The van der Waals surface area contributed by atoms with Crippen LogP contribution >= 0.6 is 0 Å². The lowest BCUT2D eigenvalue weighted by Gasteiger charge is -2.30. The monoisotopic (exact) mass is 623 g/mol. The summed E-state index contributed by atoms with van der Waals surface area (Å²) in [7, 11) is 0. The first-order valence-corrected chi connectivity index (χ1v) is 20.0. The molecule has 0 radical (unpaired) electrons. The third-order valence-electron chi connectivity index (χ3n) is 9.68. The molecule has 0 bridgehead atoms. The Morgan fingerprint density at radius 1 is 0.500 bits per heavy atom. The zero-order valence-electron chi connectivity index (χ0n) is 30.5. The lowest BCUT2D eigenvalue weighted by atomic mass is 9.98. The molecule has 0 saturated carbocycles. The van der Waals surface area contributed by atoms with Crippen molar-refractivity contribution in [2.45, 2.75) is 245 Å². The predicted molar refractivity (Wildman–Crippen MR) is 189 cm³/mol. The van der Waals surface area contributed by atoms with Gasteiger partial charge in [-0.1, -0.05) is 194 Å². The van der Waals surface area contributed by atoms with Crippen molar-refractivity contribution >= 4 is 5.97 Å². The van der Waals surface area contributed by atoms with Crippen molar-refractivity contribution in [1.29, 1.82) is 0 Å². The molecule has 4 nitrogen and oxygen atoms in total. The van der Waals surface area contributed by atoms with Crippen LogP contribution in [0.1, 0.15) is 233 Å². The minimum Gasteiger partial charge on any atom is -0.431 e. The van der Waals surface area contributed by atoms with Crippen LogP contribution < -0.4 is 0 Å². The summed E-state index contributed by atoms with van der Waals surface area (Å²) in [5.74, 6) is -1.83. The van der Waals surface area contributed by atoms with Crippen LogP contribution in [0.5, 0.6) is 0 Å². The first-order valence-electron chi connectivity index (χ1n) is 20.0. The highest BCUT2D eigenvalue weighted by molar-refractivity contribution is 5.66. The van der Waals surface area contributed by atoms with E-state index in [9.17, 15) is 4.79 Å². The molecule has 0 aromatic heterocycles. The van der Waals surface area contributed by atoms with Gasteiger partial charge in [-0.3, -0.25) is 4.79 Å². The topological polar surface area (TPSA) is 44.8 Å². The predicted octanol–water partition coefficient (Wildman–Crippen LogP) is 13.5. The van der Waals surface area contributed by atoms with E-state index in [-0.39, 0.29) is 5.97 Å². The molecule has 1 unspecified atom stereocenters. The Bertz CT molecular complexity index is 601. The SMILES string of the molecule is CCCCCCCCCCCCCCCCCC1(CCCCCCCCCCCCCCCCC)OCC(C)(OC(C)=O)O1. The van der Waals surface area contributed by atoms with E-state index in [1.165, 1.54) is 187 Å². The summed E-state index contributed by atoms with van der Waals surface area (Å²) >= 11 is 0. The van der Waals surface area contributed by atoms with Crippen LogP contribution in [0.15, 0.2) is 0 Å². The molecular formula is C40H78O4. The van der Waals surface area contributed by atoms with Crippen LogP contribution in [-0.4, -0.2) is 24.2 Å².